The van der Waals surface area contributed by atoms with Gasteiger partial charge in [-0.3, -0.25) is 0 Å². The molecule has 80 valence electrons. The van der Waals surface area contributed by atoms with Crippen LogP contribution in [0.3, 0.4) is 0 Å². The zero-order valence-corrected chi connectivity index (χ0v) is 11.1. The van der Waals surface area contributed by atoms with E-state index < -0.39 is 8.07 Å². The van der Waals surface area contributed by atoms with Gasteiger partial charge in [0.1, 0.15) is 13.5 Å². The molecular weight excluding hydrogens is 188 g/mol. The minimum Gasteiger partial charge on any atom is -0.305 e. The summed E-state index contributed by atoms with van der Waals surface area (Å²) in [4.78, 5) is 12.1. The molecule has 0 heterocycles. The van der Waals surface area contributed by atoms with Gasteiger partial charge in [0, 0.05) is 5.92 Å². The van der Waals surface area contributed by atoms with Gasteiger partial charge < -0.3 is 4.79 Å². The maximum Gasteiger partial charge on any atom is 0.124 e. The lowest BCUT2D eigenvalue weighted by Gasteiger charge is -2.27. The molecule has 0 saturated heterocycles. The predicted octanol–water partition coefficient (Wildman–Crippen LogP) is 3.57. The van der Waals surface area contributed by atoms with Gasteiger partial charge in [-0.25, -0.2) is 0 Å². The van der Waals surface area contributed by atoms with Crippen molar-refractivity contribution in [2.24, 2.45) is 5.92 Å². The van der Waals surface area contributed by atoms with Crippen LogP contribution in [0.1, 0.15) is 33.1 Å². The van der Waals surface area contributed by atoms with Crippen molar-refractivity contribution >= 4 is 13.5 Å². The number of allylic oxidation sites excluding steroid dienone is 2. The number of rotatable bonds is 2. The maximum atomic E-state index is 12.1. The van der Waals surface area contributed by atoms with Gasteiger partial charge in [-0.1, -0.05) is 30.8 Å². The van der Waals surface area contributed by atoms with Crippen LogP contribution in [0.25, 0.3) is 0 Å². The third-order valence-corrected chi connectivity index (χ3v) is 5.15. The monoisotopic (exact) mass is 210 g/mol. The Hall–Kier alpha value is -0.373. The van der Waals surface area contributed by atoms with E-state index in [2.05, 4.69) is 33.5 Å². The molecule has 1 atom stereocenters. The second-order valence-electron chi connectivity index (χ2n) is 5.61. The van der Waals surface area contributed by atoms with Crippen LogP contribution in [-0.2, 0) is 4.79 Å². The Morgan fingerprint density at radius 2 is 1.79 bits per heavy atom. The first-order valence-corrected chi connectivity index (χ1v) is 9.02. The first kappa shape index (κ1) is 11.7. The Morgan fingerprint density at radius 3 is 2.21 bits per heavy atom. The quantitative estimate of drug-likeness (QED) is 0.503. The molecule has 0 aromatic rings. The molecule has 0 N–H and O–H groups in total. The second kappa shape index (κ2) is 4.01. The molecule has 1 aliphatic rings. The largest absolute Gasteiger partial charge is 0.305 e. The molecule has 1 nitrogen and oxygen atoms in total. The smallest absolute Gasteiger partial charge is 0.124 e. The Labute approximate surface area is 88.6 Å². The van der Waals surface area contributed by atoms with E-state index >= 15 is 0 Å². The average Bonchev–Trinajstić information content (AvgIpc) is 2.07. The van der Waals surface area contributed by atoms with E-state index in [1.165, 1.54) is 11.1 Å². The van der Waals surface area contributed by atoms with Crippen LogP contribution >= 0.6 is 0 Å². The van der Waals surface area contributed by atoms with E-state index in [-0.39, 0.29) is 0 Å². The van der Waals surface area contributed by atoms with Crippen molar-refractivity contribution in [3.8, 4) is 0 Å². The molecule has 14 heavy (non-hydrogen) atoms. The van der Waals surface area contributed by atoms with Gasteiger partial charge >= 0.3 is 0 Å². The molecule has 0 fully saturated rings. The number of hydrogen-bond donors (Lipinski definition) is 0. The standard InChI is InChI=1S/C12H22OSi/c1-9-6-7-11(8-10(9)2)12(13)14(3,4)5/h11H,6-8H2,1-5H3. The minimum absolute atomic E-state index is 0.338. The summed E-state index contributed by atoms with van der Waals surface area (Å²) in [6.45, 7) is 10.9. The summed E-state index contributed by atoms with van der Waals surface area (Å²) >= 11 is 0. The zero-order chi connectivity index (χ0) is 10.9. The molecule has 0 aliphatic heterocycles. The van der Waals surface area contributed by atoms with Gasteiger partial charge in [0.15, 0.2) is 0 Å². The lowest BCUT2D eigenvalue weighted by molar-refractivity contribution is -0.116. The SMILES string of the molecule is CC1=C(C)CC(C(=O)[Si](C)(C)C)CC1. The Bertz CT molecular complexity index is 271. The van der Waals surface area contributed by atoms with Crippen LogP contribution in [0, 0.1) is 5.92 Å². The molecule has 2 heteroatoms. The summed E-state index contributed by atoms with van der Waals surface area (Å²) in [5.74, 6) is 0.338. The summed E-state index contributed by atoms with van der Waals surface area (Å²) in [5, 5.41) is 0.573. The molecular formula is C12H22OSi. The van der Waals surface area contributed by atoms with E-state index in [1.54, 1.807) is 0 Å². The summed E-state index contributed by atoms with van der Waals surface area (Å²) in [5.41, 5.74) is 2.96. The lowest BCUT2D eigenvalue weighted by Crippen LogP contribution is -2.39. The molecule has 0 aromatic carbocycles. The zero-order valence-electron chi connectivity index (χ0n) is 10.1. The Morgan fingerprint density at radius 1 is 1.21 bits per heavy atom. The average molecular weight is 210 g/mol. The summed E-state index contributed by atoms with van der Waals surface area (Å²) in [6, 6.07) is 0. The fourth-order valence-electron chi connectivity index (χ4n) is 2.09. The van der Waals surface area contributed by atoms with Gasteiger partial charge in [0.05, 0.1) is 0 Å². The van der Waals surface area contributed by atoms with Crippen molar-refractivity contribution in [3.05, 3.63) is 11.1 Å². The summed E-state index contributed by atoms with van der Waals surface area (Å²) in [7, 11) is -1.56. The summed E-state index contributed by atoms with van der Waals surface area (Å²) < 4.78 is 0. The molecule has 0 amide bonds. The van der Waals surface area contributed by atoms with Gasteiger partial charge in [-0.2, -0.15) is 0 Å². The molecule has 0 radical (unpaired) electrons. The van der Waals surface area contributed by atoms with Crippen molar-refractivity contribution in [2.45, 2.75) is 52.8 Å². The van der Waals surface area contributed by atoms with Crippen molar-refractivity contribution in [3.63, 3.8) is 0 Å². The van der Waals surface area contributed by atoms with E-state index in [9.17, 15) is 4.79 Å². The van der Waals surface area contributed by atoms with Crippen LogP contribution in [-0.4, -0.2) is 13.5 Å². The lowest BCUT2D eigenvalue weighted by atomic mass is 9.86. The fourth-order valence-corrected chi connectivity index (χ4v) is 3.56. The Balaban J connectivity index is 2.71. The number of hydrogen-bond acceptors (Lipinski definition) is 1. The van der Waals surface area contributed by atoms with E-state index in [0.29, 0.717) is 11.3 Å². The third kappa shape index (κ3) is 2.56. The van der Waals surface area contributed by atoms with Crippen molar-refractivity contribution in [1.29, 1.82) is 0 Å². The van der Waals surface area contributed by atoms with Crippen LogP contribution < -0.4 is 0 Å². The molecule has 0 saturated carbocycles. The highest BCUT2D eigenvalue weighted by molar-refractivity contribution is 7.03. The van der Waals surface area contributed by atoms with Crippen molar-refractivity contribution < 1.29 is 4.79 Å². The molecule has 1 aliphatic carbocycles. The molecule has 0 bridgehead atoms. The molecule has 1 unspecified atom stereocenters. The van der Waals surface area contributed by atoms with Gasteiger partial charge in [-0.05, 0) is 33.1 Å². The highest BCUT2D eigenvalue weighted by Crippen LogP contribution is 2.31. The van der Waals surface area contributed by atoms with Crippen molar-refractivity contribution in [2.75, 3.05) is 0 Å². The van der Waals surface area contributed by atoms with E-state index in [0.717, 1.165) is 19.3 Å². The molecule has 0 spiro atoms. The van der Waals surface area contributed by atoms with Crippen LogP contribution in [0.5, 0.6) is 0 Å². The first-order chi connectivity index (χ1) is 6.32. The van der Waals surface area contributed by atoms with E-state index in [4.69, 9.17) is 0 Å². The first-order valence-electron chi connectivity index (χ1n) is 5.52. The molecule has 0 aromatic heterocycles. The summed E-state index contributed by atoms with van der Waals surface area (Å²) in [6.07, 6.45) is 3.24. The van der Waals surface area contributed by atoms with Gasteiger partial charge in [-0.15, -0.1) is 0 Å². The number of carbonyl (C=O) groups is 1. The normalized spacial score (nSPS) is 23.9. The number of carbonyl (C=O) groups excluding carboxylic acids is 1. The maximum absolute atomic E-state index is 12.1. The van der Waals surface area contributed by atoms with Crippen LogP contribution in [0.15, 0.2) is 11.1 Å². The van der Waals surface area contributed by atoms with Crippen molar-refractivity contribution in [1.82, 2.24) is 0 Å². The second-order valence-corrected chi connectivity index (χ2v) is 10.6. The van der Waals surface area contributed by atoms with Gasteiger partial charge in [0.2, 0.25) is 0 Å². The molecule has 1 rings (SSSR count). The topological polar surface area (TPSA) is 17.1 Å². The predicted molar refractivity (Wildman–Crippen MR) is 64.1 cm³/mol. The third-order valence-electron chi connectivity index (χ3n) is 3.26. The Kier molecular flexibility index (Phi) is 3.35. The highest BCUT2D eigenvalue weighted by atomic mass is 28.3. The minimum atomic E-state index is -1.56. The van der Waals surface area contributed by atoms with Crippen LogP contribution in [0.2, 0.25) is 19.6 Å². The van der Waals surface area contributed by atoms with E-state index in [1.807, 2.05) is 0 Å². The highest BCUT2D eigenvalue weighted by Gasteiger charge is 2.32. The van der Waals surface area contributed by atoms with Gasteiger partial charge in [0.25, 0.3) is 0 Å². The fraction of sp³-hybridized carbons (Fsp3) is 0.750. The van der Waals surface area contributed by atoms with Crippen LogP contribution in [0.4, 0.5) is 0 Å².